The molecular weight excluding hydrogens is 775 g/mol. The van der Waals surface area contributed by atoms with Gasteiger partial charge < -0.3 is 43.7 Å². The molecule has 0 radical (unpaired) electrons. The number of carbonyl (C=O) groups excluding carboxylic acids is 4. The minimum absolute atomic E-state index is 0.0893. The number of aliphatic hydroxyl groups is 1. The van der Waals surface area contributed by atoms with Crippen molar-refractivity contribution in [3.63, 3.8) is 0 Å². The number of carbonyl (C=O) groups is 4. The third kappa shape index (κ3) is 9.74. The zero-order valence-corrected chi connectivity index (χ0v) is 37.4. The van der Waals surface area contributed by atoms with Crippen LogP contribution >= 0.6 is 0 Å². The highest BCUT2D eigenvalue weighted by Crippen LogP contribution is 2.40. The predicted octanol–water partition coefficient (Wildman–Crippen LogP) is 4.18. The molecule has 16 nitrogen and oxygen atoms in total. The summed E-state index contributed by atoms with van der Waals surface area (Å²) in [4.78, 5) is 62.8. The maximum absolute atomic E-state index is 14.4. The van der Waals surface area contributed by atoms with Gasteiger partial charge in [0.05, 0.1) is 36.5 Å². The second-order valence-electron chi connectivity index (χ2n) is 17.5. The Morgan fingerprint density at radius 2 is 1.78 bits per heavy atom. The Kier molecular flexibility index (Phi) is 15.2. The number of nitrogens with zero attached hydrogens (tertiary/aromatic N) is 3. The van der Waals surface area contributed by atoms with Gasteiger partial charge in [0.15, 0.2) is 17.7 Å². The molecule has 0 aliphatic carbocycles. The van der Waals surface area contributed by atoms with Crippen LogP contribution in [0, 0.1) is 17.8 Å². The largest absolute Gasteiger partial charge is 0.497 e. The standard InChI is InChI=1S/C44H67N5O11/c1-13-34-44(8)37(49(42(54)60-44)46-19-14-15-29-18-20-45-32-22-30(55-11)16-17-31(29)32)28(6)47-39(52)24(2)23-43(7,56-12)38(26(4)35(50)27(5)40(53)58-34)59-41-36(51)33(48(9)10)21-25(3)57-41/h16-18,20,22,24-28,33-34,36-38,41,46,51H,13-15,19,21,23H2,1-12H3,(H,47,52)/t24-,25-,26-,27-,28?,33+,34+,36-,37-,38-,41+,43+,44-/m1/s1. The Morgan fingerprint density at radius 1 is 1.07 bits per heavy atom. The van der Waals surface area contributed by atoms with E-state index < -0.39 is 83.5 Å². The normalized spacial score (nSPS) is 36.0. The van der Waals surface area contributed by atoms with Gasteiger partial charge in [0, 0.05) is 49.2 Å². The number of pyridine rings is 1. The summed E-state index contributed by atoms with van der Waals surface area (Å²) in [5, 5.41) is 16.9. The van der Waals surface area contributed by atoms with Gasteiger partial charge >= 0.3 is 12.1 Å². The van der Waals surface area contributed by atoms with Crippen LogP contribution in [-0.2, 0) is 44.5 Å². The molecule has 5 rings (SSSR count). The van der Waals surface area contributed by atoms with Crippen molar-refractivity contribution in [2.45, 2.75) is 148 Å². The number of fused-ring (bicyclic) bond motifs is 2. The number of hydrogen-bond donors (Lipinski definition) is 3. The highest BCUT2D eigenvalue weighted by molar-refractivity contribution is 6.00. The van der Waals surface area contributed by atoms with E-state index in [2.05, 4.69) is 15.7 Å². The molecule has 13 atom stereocenters. The third-order valence-electron chi connectivity index (χ3n) is 12.9. The summed E-state index contributed by atoms with van der Waals surface area (Å²) in [5.41, 5.74) is 2.43. The van der Waals surface area contributed by atoms with E-state index >= 15 is 0 Å². The number of esters is 1. The number of Topliss-reactive ketones (excluding diaryl/α,β-unsaturated/α-hetero) is 1. The average Bonchev–Trinajstić information content (AvgIpc) is 3.48. The van der Waals surface area contributed by atoms with Gasteiger partial charge in [-0.15, -0.1) is 0 Å². The molecule has 1 aromatic carbocycles. The predicted molar refractivity (Wildman–Crippen MR) is 223 cm³/mol. The van der Waals surface area contributed by atoms with Crippen LogP contribution in [0.1, 0.15) is 86.6 Å². The van der Waals surface area contributed by atoms with Gasteiger partial charge in [-0.25, -0.2) is 15.2 Å². The van der Waals surface area contributed by atoms with Gasteiger partial charge in [0.1, 0.15) is 29.9 Å². The molecule has 2 aromatic rings. The molecule has 3 aliphatic rings. The summed E-state index contributed by atoms with van der Waals surface area (Å²) in [6.07, 6.45) is -1.25. The van der Waals surface area contributed by atoms with Crippen molar-refractivity contribution in [3.8, 4) is 5.75 Å². The first kappa shape index (κ1) is 47.1. The number of cyclic esters (lactones) is 1. The lowest BCUT2D eigenvalue weighted by molar-refractivity contribution is -0.295. The van der Waals surface area contributed by atoms with Crippen LogP contribution < -0.4 is 15.5 Å². The number of hydrogen-bond acceptors (Lipinski definition) is 14. The number of amides is 2. The molecular formula is C44H67N5O11. The quantitative estimate of drug-likeness (QED) is 0.166. The third-order valence-corrected chi connectivity index (χ3v) is 12.9. The maximum atomic E-state index is 14.4. The van der Waals surface area contributed by atoms with E-state index in [0.717, 1.165) is 22.2 Å². The fraction of sp³-hybridized carbons (Fsp3) is 0.705. The van der Waals surface area contributed by atoms with Crippen LogP contribution in [-0.4, -0.2) is 139 Å². The molecule has 1 unspecified atom stereocenters. The molecule has 0 saturated carbocycles. The van der Waals surface area contributed by atoms with Crippen LogP contribution in [0.4, 0.5) is 4.79 Å². The number of ether oxygens (including phenoxy) is 6. The van der Waals surface area contributed by atoms with Crippen LogP contribution in [0.2, 0.25) is 0 Å². The van der Waals surface area contributed by atoms with Crippen molar-refractivity contribution in [1.29, 1.82) is 0 Å². The maximum Gasteiger partial charge on any atom is 0.425 e. The number of nitrogens with one attached hydrogen (secondary N) is 2. The first-order valence-electron chi connectivity index (χ1n) is 21.2. The summed E-state index contributed by atoms with van der Waals surface area (Å²) in [6, 6.07) is 5.89. The smallest absolute Gasteiger partial charge is 0.425 e. The Labute approximate surface area is 354 Å². The highest BCUT2D eigenvalue weighted by atomic mass is 16.7. The molecule has 16 heteroatoms. The lowest BCUT2D eigenvalue weighted by atomic mass is 9.78. The summed E-state index contributed by atoms with van der Waals surface area (Å²) >= 11 is 0. The van der Waals surface area contributed by atoms with Gasteiger partial charge in [-0.05, 0) is 105 Å². The van der Waals surface area contributed by atoms with Crippen molar-refractivity contribution < 1.29 is 52.7 Å². The van der Waals surface area contributed by atoms with E-state index in [0.29, 0.717) is 25.8 Å². The van der Waals surface area contributed by atoms with E-state index in [1.165, 1.54) is 19.0 Å². The molecule has 3 fully saturated rings. The molecule has 2 amide bonds. The zero-order chi connectivity index (χ0) is 44.3. The number of ketones is 1. The van der Waals surface area contributed by atoms with Crippen LogP contribution in [0.15, 0.2) is 30.5 Å². The van der Waals surface area contributed by atoms with Crippen LogP contribution in [0.25, 0.3) is 10.9 Å². The Morgan fingerprint density at radius 3 is 2.43 bits per heavy atom. The van der Waals surface area contributed by atoms with E-state index in [4.69, 9.17) is 28.4 Å². The van der Waals surface area contributed by atoms with Crippen molar-refractivity contribution in [2.24, 2.45) is 17.8 Å². The number of aryl methyl sites for hydroxylation is 1. The molecule has 3 saturated heterocycles. The molecule has 3 aliphatic heterocycles. The fourth-order valence-corrected chi connectivity index (χ4v) is 9.38. The molecule has 3 N–H and O–H groups in total. The van der Waals surface area contributed by atoms with E-state index in [1.807, 2.05) is 50.2 Å². The first-order valence-corrected chi connectivity index (χ1v) is 21.2. The minimum Gasteiger partial charge on any atom is -0.497 e. The second kappa shape index (κ2) is 19.4. The zero-order valence-electron chi connectivity index (χ0n) is 37.4. The fourth-order valence-electron chi connectivity index (χ4n) is 9.38. The summed E-state index contributed by atoms with van der Waals surface area (Å²) in [6.45, 7) is 14.2. The summed E-state index contributed by atoms with van der Waals surface area (Å²) in [7, 11) is 6.83. The van der Waals surface area contributed by atoms with Crippen LogP contribution in [0.3, 0.4) is 0 Å². The number of aromatic nitrogens is 1. The molecule has 334 valence electrons. The topological polar surface area (TPSA) is 187 Å². The molecule has 60 heavy (non-hydrogen) atoms. The number of aliphatic hydroxyl groups excluding tert-OH is 1. The van der Waals surface area contributed by atoms with Crippen molar-refractivity contribution >= 4 is 34.7 Å². The van der Waals surface area contributed by atoms with Gasteiger partial charge in [-0.2, -0.15) is 0 Å². The Bertz CT molecular complexity index is 1850. The van der Waals surface area contributed by atoms with Crippen LogP contribution in [0.5, 0.6) is 5.75 Å². The van der Waals surface area contributed by atoms with Gasteiger partial charge in [0.25, 0.3) is 0 Å². The van der Waals surface area contributed by atoms with Gasteiger partial charge in [-0.3, -0.25) is 19.4 Å². The molecule has 0 bridgehead atoms. The SMILES string of the molecule is CC[C@@H]1OC(=O)[C@H](C)C(=O)[C@@H](C)[C@@H](O[C@@H]2O[C@H](C)C[C@H](N(C)C)[C@H]2O)[C@@](C)(OC)C[C@@H](C)C(=O)NC(C)[C@H]2N(NCCCc3ccnc4cc(OC)ccc34)C(=O)O[C@]12C. The van der Waals surface area contributed by atoms with E-state index in [1.54, 1.807) is 54.8 Å². The number of benzene rings is 1. The average molecular weight is 842 g/mol. The monoisotopic (exact) mass is 841 g/mol. The van der Waals surface area contributed by atoms with Gasteiger partial charge in [0.2, 0.25) is 5.91 Å². The number of hydrazine groups is 1. The van der Waals surface area contributed by atoms with Crippen molar-refractivity contribution in [3.05, 3.63) is 36.0 Å². The highest BCUT2D eigenvalue weighted by Gasteiger charge is 2.59. The molecule has 1 aromatic heterocycles. The van der Waals surface area contributed by atoms with Gasteiger partial charge in [-0.1, -0.05) is 20.8 Å². The van der Waals surface area contributed by atoms with Crippen molar-refractivity contribution in [1.82, 2.24) is 25.6 Å². The Balaban J connectivity index is 1.43. The Hall–Kier alpha value is -3.93. The lowest BCUT2D eigenvalue weighted by Crippen LogP contribution is -2.63. The summed E-state index contributed by atoms with van der Waals surface area (Å²) in [5.74, 6) is -3.84. The number of likely N-dealkylation sites (N-methyl/N-ethyl adjacent to an activating group) is 1. The molecule has 0 spiro atoms. The summed E-state index contributed by atoms with van der Waals surface area (Å²) < 4.78 is 36.5. The lowest BCUT2D eigenvalue weighted by Gasteiger charge is -2.46. The van der Waals surface area contributed by atoms with E-state index in [-0.39, 0.29) is 30.9 Å². The minimum atomic E-state index is -1.44. The van der Waals surface area contributed by atoms with E-state index in [9.17, 15) is 24.3 Å². The molecule has 4 heterocycles. The number of methoxy groups -OCH3 is 2. The number of rotatable bonds is 11. The second-order valence-corrected chi connectivity index (χ2v) is 17.5. The van der Waals surface area contributed by atoms with Crippen molar-refractivity contribution in [2.75, 3.05) is 34.9 Å². The first-order chi connectivity index (χ1) is 28.3.